The number of benzene rings is 3. The second kappa shape index (κ2) is 6.80. The fourth-order valence-corrected chi connectivity index (χ4v) is 3.70. The van der Waals surface area contributed by atoms with Crippen LogP contribution in [0.3, 0.4) is 0 Å². The molecule has 5 nitrogen and oxygen atoms in total. The molecule has 0 radical (unpaired) electrons. The van der Waals surface area contributed by atoms with Crippen LogP contribution < -0.4 is 5.73 Å². The summed E-state index contributed by atoms with van der Waals surface area (Å²) >= 11 is 0. The van der Waals surface area contributed by atoms with E-state index in [2.05, 4.69) is 34.4 Å². The van der Waals surface area contributed by atoms with Gasteiger partial charge in [0.15, 0.2) is 5.82 Å². The third-order valence-corrected chi connectivity index (χ3v) is 5.09. The first-order valence-electron chi connectivity index (χ1n) is 9.29. The molecule has 2 aromatic heterocycles. The second-order valence-electron chi connectivity index (χ2n) is 6.87. The zero-order valence-corrected chi connectivity index (χ0v) is 15.5. The second-order valence-corrected chi connectivity index (χ2v) is 6.87. The van der Waals surface area contributed by atoms with Gasteiger partial charge in [-0.25, -0.2) is 4.98 Å². The van der Waals surface area contributed by atoms with Crippen molar-refractivity contribution < 1.29 is 5.21 Å². The van der Waals surface area contributed by atoms with Gasteiger partial charge in [0.05, 0.1) is 5.69 Å². The molecule has 140 valence electrons. The van der Waals surface area contributed by atoms with Crippen LogP contribution in [0.4, 0.5) is 5.82 Å². The molecule has 0 bridgehead atoms. The van der Waals surface area contributed by atoms with Crippen LogP contribution >= 0.6 is 0 Å². The highest BCUT2D eigenvalue weighted by molar-refractivity contribution is 6.12. The molecule has 0 spiro atoms. The molecule has 29 heavy (non-hydrogen) atoms. The molecule has 0 saturated heterocycles. The minimum atomic E-state index is 0.458. The molecule has 0 atom stereocenters. The standard InChI is InChI=1S/C24H18N4O/c25-24-23(19-11-10-16-6-4-5-9-18(16)14-19)28-15-20(12-13-21(28)26-24)22(27-29)17-7-2-1-3-8-17/h1-15,29H,25H2. The molecule has 5 heteroatoms. The molecule has 0 aliphatic rings. The monoisotopic (exact) mass is 378 g/mol. The van der Waals surface area contributed by atoms with E-state index in [4.69, 9.17) is 5.73 Å². The third kappa shape index (κ3) is 2.89. The average molecular weight is 378 g/mol. The van der Waals surface area contributed by atoms with Crippen LogP contribution in [-0.2, 0) is 0 Å². The van der Waals surface area contributed by atoms with E-state index in [1.54, 1.807) is 0 Å². The van der Waals surface area contributed by atoms with Gasteiger partial charge < -0.3 is 10.9 Å². The lowest BCUT2D eigenvalue weighted by Gasteiger charge is -2.09. The molecule has 0 aliphatic carbocycles. The number of rotatable bonds is 3. The summed E-state index contributed by atoms with van der Waals surface area (Å²) in [4.78, 5) is 4.51. The van der Waals surface area contributed by atoms with Gasteiger partial charge in [0, 0.05) is 22.9 Å². The van der Waals surface area contributed by atoms with Crippen LogP contribution in [-0.4, -0.2) is 20.3 Å². The van der Waals surface area contributed by atoms with Crippen molar-refractivity contribution in [1.29, 1.82) is 0 Å². The number of hydrogen-bond acceptors (Lipinski definition) is 4. The average Bonchev–Trinajstić information content (AvgIpc) is 3.10. The Morgan fingerprint density at radius 2 is 1.59 bits per heavy atom. The predicted molar refractivity (Wildman–Crippen MR) is 116 cm³/mol. The highest BCUT2D eigenvalue weighted by Crippen LogP contribution is 2.30. The van der Waals surface area contributed by atoms with Crippen molar-refractivity contribution >= 4 is 27.9 Å². The first-order chi connectivity index (χ1) is 14.2. The van der Waals surface area contributed by atoms with Gasteiger partial charge in [0.2, 0.25) is 0 Å². The minimum Gasteiger partial charge on any atom is -0.410 e. The molecule has 0 aliphatic heterocycles. The quantitative estimate of drug-likeness (QED) is 0.265. The van der Waals surface area contributed by atoms with Gasteiger partial charge in [0.1, 0.15) is 11.4 Å². The first kappa shape index (κ1) is 17.0. The Hall–Kier alpha value is -4.12. The lowest BCUT2D eigenvalue weighted by molar-refractivity contribution is 0.319. The largest absolute Gasteiger partial charge is 0.410 e. The summed E-state index contributed by atoms with van der Waals surface area (Å²) in [6.45, 7) is 0. The SMILES string of the molecule is Nc1nc2ccc(C(=NO)c3ccccc3)cn2c1-c1ccc2ccccc2c1. The van der Waals surface area contributed by atoms with E-state index in [0.717, 1.165) is 33.4 Å². The van der Waals surface area contributed by atoms with Gasteiger partial charge >= 0.3 is 0 Å². The topological polar surface area (TPSA) is 75.9 Å². The van der Waals surface area contributed by atoms with Crippen molar-refractivity contribution in [1.82, 2.24) is 9.38 Å². The van der Waals surface area contributed by atoms with Crippen molar-refractivity contribution in [2.24, 2.45) is 5.16 Å². The number of aromatic nitrogens is 2. The van der Waals surface area contributed by atoms with Gasteiger partial charge in [-0.2, -0.15) is 0 Å². The number of nitrogens with zero attached hydrogens (tertiary/aromatic N) is 3. The van der Waals surface area contributed by atoms with Crippen molar-refractivity contribution in [2.75, 3.05) is 5.73 Å². The lowest BCUT2D eigenvalue weighted by Crippen LogP contribution is -2.05. The Labute approximate surface area is 167 Å². The highest BCUT2D eigenvalue weighted by atomic mass is 16.4. The molecule has 5 aromatic rings. The Morgan fingerprint density at radius 3 is 2.38 bits per heavy atom. The fourth-order valence-electron chi connectivity index (χ4n) is 3.70. The van der Waals surface area contributed by atoms with Crippen LogP contribution in [0.25, 0.3) is 27.7 Å². The normalized spacial score (nSPS) is 11.9. The van der Waals surface area contributed by atoms with Crippen LogP contribution in [0.5, 0.6) is 0 Å². The van der Waals surface area contributed by atoms with E-state index in [1.165, 1.54) is 5.39 Å². The van der Waals surface area contributed by atoms with Gasteiger partial charge in [-0.05, 0) is 29.0 Å². The van der Waals surface area contributed by atoms with Gasteiger partial charge in [-0.3, -0.25) is 4.40 Å². The smallest absolute Gasteiger partial charge is 0.150 e. The maximum absolute atomic E-state index is 9.65. The summed E-state index contributed by atoms with van der Waals surface area (Å²) < 4.78 is 1.95. The lowest BCUT2D eigenvalue weighted by atomic mass is 10.0. The summed E-state index contributed by atoms with van der Waals surface area (Å²) in [5.41, 5.74) is 10.9. The zero-order valence-electron chi connectivity index (χ0n) is 15.5. The van der Waals surface area contributed by atoms with Gasteiger partial charge in [-0.15, -0.1) is 0 Å². The van der Waals surface area contributed by atoms with Crippen molar-refractivity contribution in [3.63, 3.8) is 0 Å². The Morgan fingerprint density at radius 1 is 0.828 bits per heavy atom. The van der Waals surface area contributed by atoms with E-state index in [0.29, 0.717) is 11.5 Å². The van der Waals surface area contributed by atoms with E-state index >= 15 is 0 Å². The zero-order chi connectivity index (χ0) is 19.8. The number of imidazole rings is 1. The Bertz CT molecular complexity index is 1370. The minimum absolute atomic E-state index is 0.458. The highest BCUT2D eigenvalue weighted by Gasteiger charge is 2.15. The maximum atomic E-state index is 9.65. The molecule has 5 rings (SSSR count). The summed E-state index contributed by atoms with van der Waals surface area (Å²) in [6, 6.07) is 27.8. The van der Waals surface area contributed by atoms with Crippen molar-refractivity contribution in [3.8, 4) is 11.3 Å². The van der Waals surface area contributed by atoms with Crippen LogP contribution in [0.2, 0.25) is 0 Å². The maximum Gasteiger partial charge on any atom is 0.150 e. The molecular weight excluding hydrogens is 360 g/mol. The molecule has 0 fully saturated rings. The third-order valence-electron chi connectivity index (χ3n) is 5.09. The van der Waals surface area contributed by atoms with E-state index in [9.17, 15) is 5.21 Å². The number of fused-ring (bicyclic) bond motifs is 2. The number of anilines is 1. The molecule has 2 heterocycles. The molecule has 3 N–H and O–H groups in total. The van der Waals surface area contributed by atoms with E-state index < -0.39 is 0 Å². The van der Waals surface area contributed by atoms with Gasteiger partial charge in [0.25, 0.3) is 0 Å². The number of nitrogens with two attached hydrogens (primary N) is 1. The Balaban J connectivity index is 1.70. The molecule has 0 unspecified atom stereocenters. The summed E-state index contributed by atoms with van der Waals surface area (Å²) in [5.74, 6) is 0.458. The molecular formula is C24H18N4O. The van der Waals surface area contributed by atoms with E-state index in [-0.39, 0.29) is 0 Å². The van der Waals surface area contributed by atoms with Crippen molar-refractivity contribution in [2.45, 2.75) is 0 Å². The number of oxime groups is 1. The van der Waals surface area contributed by atoms with Crippen LogP contribution in [0, 0.1) is 0 Å². The number of pyridine rings is 1. The fraction of sp³-hybridized carbons (Fsp3) is 0. The molecule has 3 aromatic carbocycles. The molecule has 0 saturated carbocycles. The predicted octanol–water partition coefficient (Wildman–Crippen LogP) is 4.96. The first-order valence-corrected chi connectivity index (χ1v) is 9.29. The van der Waals surface area contributed by atoms with Crippen molar-refractivity contribution in [3.05, 3.63) is 102 Å². The van der Waals surface area contributed by atoms with Crippen LogP contribution in [0.15, 0.2) is 96.3 Å². The number of hydrogen-bond donors (Lipinski definition) is 2. The summed E-state index contributed by atoms with van der Waals surface area (Å²) in [5, 5.41) is 15.5. The number of nitrogen functional groups attached to an aromatic ring is 1. The Kier molecular flexibility index (Phi) is 3.99. The van der Waals surface area contributed by atoms with E-state index in [1.807, 2.05) is 71.3 Å². The summed E-state index contributed by atoms with van der Waals surface area (Å²) in [7, 11) is 0. The summed E-state index contributed by atoms with van der Waals surface area (Å²) in [6.07, 6.45) is 1.91. The molecule has 0 amide bonds. The van der Waals surface area contributed by atoms with Gasteiger partial charge in [-0.1, -0.05) is 71.9 Å². The van der Waals surface area contributed by atoms with Crippen LogP contribution in [0.1, 0.15) is 11.1 Å².